The molecule has 3 rings (SSSR count). The molecule has 314 valence electrons. The fourth-order valence-electron chi connectivity index (χ4n) is 8.81. The van der Waals surface area contributed by atoms with E-state index in [1.165, 1.54) is 0 Å². The maximum absolute atomic E-state index is 14.4. The van der Waals surface area contributed by atoms with E-state index >= 15 is 0 Å². The van der Waals surface area contributed by atoms with Gasteiger partial charge in [0.1, 0.15) is 5.78 Å². The van der Waals surface area contributed by atoms with E-state index in [0.29, 0.717) is 32.2 Å². The quantitative estimate of drug-likeness (QED) is 0.138. The topological polar surface area (TPSA) is 130 Å². The van der Waals surface area contributed by atoms with E-state index in [-0.39, 0.29) is 60.0 Å². The van der Waals surface area contributed by atoms with Gasteiger partial charge in [-0.1, -0.05) is 71.4 Å². The highest BCUT2D eigenvalue weighted by Crippen LogP contribution is 2.34. The second-order valence-corrected chi connectivity index (χ2v) is 18.0. The Labute approximate surface area is 340 Å². The van der Waals surface area contributed by atoms with Crippen molar-refractivity contribution in [3.8, 4) is 0 Å². The summed E-state index contributed by atoms with van der Waals surface area (Å²) in [7, 11) is 8.55. The smallest absolute Gasteiger partial charge is 0.229 e. The molecule has 0 unspecified atom stereocenters. The molecule has 0 spiro atoms. The van der Waals surface area contributed by atoms with Gasteiger partial charge in [0.05, 0.1) is 53.3 Å². The molecule has 0 bridgehead atoms. The van der Waals surface area contributed by atoms with Gasteiger partial charge in [0.15, 0.2) is 5.78 Å². The Bertz CT molecular complexity index is 1520. The number of ketones is 2. The maximum Gasteiger partial charge on any atom is 0.229 e. The molecule has 12 heteroatoms. The number of thiazole rings is 1. The highest BCUT2D eigenvalue weighted by Gasteiger charge is 2.45. The van der Waals surface area contributed by atoms with Gasteiger partial charge in [-0.2, -0.15) is 0 Å². The van der Waals surface area contributed by atoms with Crippen LogP contribution in [0.5, 0.6) is 0 Å². The molecular formula is C44H70N4O7S. The van der Waals surface area contributed by atoms with Crippen molar-refractivity contribution in [3.63, 3.8) is 0 Å². The largest absolute Gasteiger partial charge is 0.390 e. The number of amides is 2. The standard InChI is InChI=1S/C44H70N4O7S/c1-13-29(4)40(47(10)43(52)33(44(6,7)53)26-36(50)39(28(2)3)46(8)9)37(54-11)27-38(51)48-22-17-20-34(48)41(55-12)30(5)35(49)25-32(42-45-21-23-56-42)24-31-18-15-14-16-19-31/h14-16,18-19,21,23,28-30,32-34,37,39-41,53H,13,17,20,22,24-27H2,1-12H3/t29-,30-,32+,33+,34-,37+,39-,40-,41+/m0/s1. The fourth-order valence-corrected chi connectivity index (χ4v) is 9.56. The summed E-state index contributed by atoms with van der Waals surface area (Å²) in [6.45, 7) is 13.6. The first-order valence-electron chi connectivity index (χ1n) is 20.4. The van der Waals surface area contributed by atoms with E-state index in [1.807, 2.05) is 82.1 Å². The van der Waals surface area contributed by atoms with Gasteiger partial charge < -0.3 is 24.4 Å². The van der Waals surface area contributed by atoms with Gasteiger partial charge in [0, 0.05) is 64.1 Å². The van der Waals surface area contributed by atoms with E-state index in [2.05, 4.69) is 17.1 Å². The summed E-state index contributed by atoms with van der Waals surface area (Å²) in [5.41, 5.74) is -0.325. The van der Waals surface area contributed by atoms with Crippen LogP contribution in [0.4, 0.5) is 0 Å². The van der Waals surface area contributed by atoms with E-state index in [1.54, 1.807) is 57.5 Å². The predicted molar refractivity (Wildman–Crippen MR) is 222 cm³/mol. The molecule has 2 heterocycles. The molecular weight excluding hydrogens is 729 g/mol. The molecule has 0 saturated carbocycles. The van der Waals surface area contributed by atoms with Crippen LogP contribution in [0.1, 0.15) is 103 Å². The molecule has 2 aromatic rings. The number of hydrogen-bond donors (Lipinski definition) is 1. The molecule has 1 aromatic heterocycles. The minimum absolute atomic E-state index is 0.0176. The number of rotatable bonds is 23. The minimum atomic E-state index is -1.47. The normalized spacial score (nSPS) is 19.3. The van der Waals surface area contributed by atoms with Gasteiger partial charge in [-0.15, -0.1) is 11.3 Å². The molecule has 1 aliphatic rings. The summed E-state index contributed by atoms with van der Waals surface area (Å²) in [4.78, 5) is 66.2. The number of Topliss-reactive ketones (excluding diaryl/α,β-unsaturated/α-hetero) is 2. The summed E-state index contributed by atoms with van der Waals surface area (Å²) in [6, 6.07) is 8.93. The Kier molecular flexibility index (Phi) is 18.3. The van der Waals surface area contributed by atoms with Crippen LogP contribution in [-0.4, -0.2) is 126 Å². The van der Waals surface area contributed by atoms with Crippen molar-refractivity contribution in [3.05, 3.63) is 52.5 Å². The minimum Gasteiger partial charge on any atom is -0.390 e. The summed E-state index contributed by atoms with van der Waals surface area (Å²) in [5.74, 6) is -2.07. The summed E-state index contributed by atoms with van der Waals surface area (Å²) >= 11 is 1.56. The van der Waals surface area contributed by atoms with Crippen LogP contribution in [0.15, 0.2) is 41.9 Å². The number of methoxy groups -OCH3 is 2. The van der Waals surface area contributed by atoms with E-state index in [4.69, 9.17) is 9.47 Å². The zero-order chi connectivity index (χ0) is 41.9. The molecule has 1 N–H and O–H groups in total. The Morgan fingerprint density at radius 1 is 0.982 bits per heavy atom. The van der Waals surface area contributed by atoms with Gasteiger partial charge >= 0.3 is 0 Å². The molecule has 2 amide bonds. The van der Waals surface area contributed by atoms with Crippen LogP contribution in [0.2, 0.25) is 0 Å². The monoisotopic (exact) mass is 798 g/mol. The number of ether oxygens (including phenoxy) is 2. The first-order valence-corrected chi connectivity index (χ1v) is 21.2. The molecule has 1 aliphatic heterocycles. The van der Waals surface area contributed by atoms with Crippen molar-refractivity contribution in [1.82, 2.24) is 19.7 Å². The number of carbonyl (C=O) groups excluding carboxylic acids is 4. The van der Waals surface area contributed by atoms with Crippen LogP contribution in [0.3, 0.4) is 0 Å². The summed E-state index contributed by atoms with van der Waals surface area (Å²) in [5, 5.41) is 14.1. The van der Waals surface area contributed by atoms with E-state index < -0.39 is 41.7 Å². The lowest BCUT2D eigenvalue weighted by Crippen LogP contribution is -2.56. The van der Waals surface area contributed by atoms with Crippen molar-refractivity contribution < 1.29 is 33.8 Å². The first-order chi connectivity index (χ1) is 26.4. The maximum atomic E-state index is 14.4. The number of carbonyl (C=O) groups is 4. The van der Waals surface area contributed by atoms with E-state index in [9.17, 15) is 24.3 Å². The Hall–Kier alpha value is -3.03. The average Bonchev–Trinajstić information content (AvgIpc) is 3.86. The number of benzene rings is 1. The van der Waals surface area contributed by atoms with Crippen molar-refractivity contribution >= 4 is 34.7 Å². The SMILES string of the molecule is CC[C@H](C)[C@@H]([C@@H](CC(=O)N1CCC[C@H]1[C@H](OC)[C@@H](C)C(=O)C[C@@H](Cc1ccccc1)c1nccs1)OC)N(C)C(=O)[C@@H](CC(=O)[C@H](C(C)C)N(C)C)C(C)(C)O. The van der Waals surface area contributed by atoms with Gasteiger partial charge in [-0.3, -0.25) is 24.1 Å². The summed E-state index contributed by atoms with van der Waals surface area (Å²) in [6.07, 6.45) is 3.74. The lowest BCUT2D eigenvalue weighted by molar-refractivity contribution is -0.154. The molecule has 9 atom stereocenters. The fraction of sp³-hybridized carbons (Fsp3) is 0.705. The van der Waals surface area contributed by atoms with Gasteiger partial charge in [0.2, 0.25) is 11.8 Å². The summed E-state index contributed by atoms with van der Waals surface area (Å²) < 4.78 is 12.1. The number of nitrogens with zero attached hydrogens (tertiary/aromatic N) is 4. The zero-order valence-corrected chi connectivity index (χ0v) is 36.9. The van der Waals surface area contributed by atoms with Crippen LogP contribution in [0.25, 0.3) is 0 Å². The molecule has 0 radical (unpaired) electrons. The highest BCUT2D eigenvalue weighted by molar-refractivity contribution is 7.09. The van der Waals surface area contributed by atoms with Crippen molar-refractivity contribution in [2.24, 2.45) is 23.7 Å². The third-order valence-corrected chi connectivity index (χ3v) is 12.9. The molecule has 1 saturated heterocycles. The third-order valence-electron chi connectivity index (χ3n) is 12.0. The molecule has 1 fully saturated rings. The number of aliphatic hydroxyl groups is 1. The Morgan fingerprint density at radius 3 is 2.16 bits per heavy atom. The zero-order valence-electron chi connectivity index (χ0n) is 36.1. The van der Waals surface area contributed by atoms with Crippen LogP contribution in [-0.2, 0) is 35.1 Å². The molecule has 1 aromatic carbocycles. The average molecular weight is 799 g/mol. The second-order valence-electron chi connectivity index (χ2n) is 17.0. The lowest BCUT2D eigenvalue weighted by atomic mass is 9.81. The molecule has 11 nitrogen and oxygen atoms in total. The third kappa shape index (κ3) is 12.2. The van der Waals surface area contributed by atoms with Crippen LogP contribution in [0, 0.1) is 23.7 Å². The molecule has 56 heavy (non-hydrogen) atoms. The number of likely N-dealkylation sites (tertiary alicyclic amines) is 1. The Morgan fingerprint density at radius 2 is 1.64 bits per heavy atom. The van der Waals surface area contributed by atoms with E-state index in [0.717, 1.165) is 17.0 Å². The van der Waals surface area contributed by atoms with Crippen LogP contribution >= 0.6 is 11.3 Å². The number of likely N-dealkylation sites (N-methyl/N-ethyl adjacent to an activating group) is 2. The molecule has 0 aliphatic carbocycles. The number of aromatic nitrogens is 1. The lowest BCUT2D eigenvalue weighted by Gasteiger charge is -2.42. The highest BCUT2D eigenvalue weighted by atomic mass is 32.1. The van der Waals surface area contributed by atoms with Crippen LogP contribution < -0.4 is 0 Å². The van der Waals surface area contributed by atoms with Crippen molar-refractivity contribution in [2.45, 2.75) is 135 Å². The number of hydrogen-bond acceptors (Lipinski definition) is 10. The van der Waals surface area contributed by atoms with Gasteiger partial charge in [0.25, 0.3) is 0 Å². The first kappa shape index (κ1) is 47.3. The van der Waals surface area contributed by atoms with Crippen molar-refractivity contribution in [1.29, 1.82) is 0 Å². The second kappa shape index (κ2) is 21.6. The predicted octanol–water partition coefficient (Wildman–Crippen LogP) is 6.28. The van der Waals surface area contributed by atoms with Gasteiger partial charge in [-0.05, 0) is 64.6 Å². The van der Waals surface area contributed by atoms with Gasteiger partial charge in [-0.25, -0.2) is 4.98 Å². The Balaban J connectivity index is 1.81. The van der Waals surface area contributed by atoms with Crippen molar-refractivity contribution in [2.75, 3.05) is 41.9 Å².